The second-order valence-electron chi connectivity index (χ2n) is 4.56. The number of halogens is 1. The summed E-state index contributed by atoms with van der Waals surface area (Å²) >= 11 is 0. The molecular weight excluding hydrogens is 253 g/mol. The van der Waals surface area contributed by atoms with Gasteiger partial charge in [-0.1, -0.05) is 0 Å². The van der Waals surface area contributed by atoms with Gasteiger partial charge in [-0.15, -0.1) is 0 Å². The zero-order valence-corrected chi connectivity index (χ0v) is 10.3. The lowest BCUT2D eigenvalue weighted by molar-refractivity contribution is -0.0351. The molecule has 102 valence electrons. The molecule has 3 N–H and O–H groups in total. The highest BCUT2D eigenvalue weighted by atomic mass is 19.1. The lowest BCUT2D eigenvalue weighted by Gasteiger charge is -2.15. The highest BCUT2D eigenvalue weighted by Gasteiger charge is 2.37. The number of aliphatic hydroxyl groups is 1. The fourth-order valence-corrected chi connectivity index (χ4v) is 2.30. The summed E-state index contributed by atoms with van der Waals surface area (Å²) in [6, 6.07) is 0. The third-order valence-electron chi connectivity index (χ3n) is 3.17. The van der Waals surface area contributed by atoms with E-state index in [1.807, 2.05) is 0 Å². The smallest absolute Gasteiger partial charge is 0.168 e. The molecule has 1 saturated heterocycles. The number of aliphatic hydroxyl groups excluding tert-OH is 1. The molecule has 1 aliphatic rings. The van der Waals surface area contributed by atoms with Crippen molar-refractivity contribution >= 4 is 17.0 Å². The maximum absolute atomic E-state index is 14.0. The van der Waals surface area contributed by atoms with Crippen molar-refractivity contribution in [2.45, 2.75) is 31.8 Å². The molecule has 3 rings (SSSR count). The van der Waals surface area contributed by atoms with Gasteiger partial charge >= 0.3 is 0 Å². The van der Waals surface area contributed by atoms with E-state index in [0.717, 1.165) is 0 Å². The van der Waals surface area contributed by atoms with Gasteiger partial charge in [0.15, 0.2) is 17.7 Å². The Balaban J connectivity index is 2.06. The second-order valence-corrected chi connectivity index (χ2v) is 4.56. The maximum Gasteiger partial charge on any atom is 0.168 e. The number of anilines is 1. The molecule has 0 bridgehead atoms. The van der Waals surface area contributed by atoms with Gasteiger partial charge in [0.2, 0.25) is 0 Å². The van der Waals surface area contributed by atoms with Crippen molar-refractivity contribution in [2.24, 2.45) is 0 Å². The number of alkyl halides is 1. The molecule has 8 heteroatoms. The van der Waals surface area contributed by atoms with Gasteiger partial charge in [0.05, 0.1) is 19.0 Å². The molecule has 1 aliphatic heterocycles. The first-order valence-corrected chi connectivity index (χ1v) is 5.97. The standard InChI is InChI=1S/C11H14FN5O2/c1-5-15-9(13)8-10(16-5)17(4-14-8)11-7(12)2-6(3-18)19-11/h4,6-7,11,18H,2-3H2,1H3,(H2,13,15,16)/t6-,7+,11+/m0/s1. The Labute approximate surface area is 108 Å². The van der Waals surface area contributed by atoms with Crippen LogP contribution in [0.5, 0.6) is 0 Å². The first-order valence-electron chi connectivity index (χ1n) is 5.97. The summed E-state index contributed by atoms with van der Waals surface area (Å²) in [5, 5.41) is 9.04. The maximum atomic E-state index is 14.0. The fourth-order valence-electron chi connectivity index (χ4n) is 2.30. The lowest BCUT2D eigenvalue weighted by Crippen LogP contribution is -2.17. The quantitative estimate of drug-likeness (QED) is 0.813. The molecule has 0 unspecified atom stereocenters. The highest BCUT2D eigenvalue weighted by molar-refractivity contribution is 5.81. The number of nitrogens with two attached hydrogens (primary N) is 1. The third-order valence-corrected chi connectivity index (χ3v) is 3.17. The number of aromatic nitrogens is 4. The van der Waals surface area contributed by atoms with Crippen molar-refractivity contribution in [2.75, 3.05) is 12.3 Å². The van der Waals surface area contributed by atoms with Gasteiger partial charge in [-0.05, 0) is 6.92 Å². The van der Waals surface area contributed by atoms with E-state index in [4.69, 9.17) is 15.6 Å². The Hall–Kier alpha value is -1.80. The Morgan fingerprint density at radius 3 is 3.05 bits per heavy atom. The van der Waals surface area contributed by atoms with Crippen LogP contribution in [-0.4, -0.2) is 43.5 Å². The van der Waals surface area contributed by atoms with Crippen LogP contribution in [0.3, 0.4) is 0 Å². The minimum absolute atomic E-state index is 0.153. The van der Waals surface area contributed by atoms with Crippen LogP contribution in [0.1, 0.15) is 18.5 Å². The van der Waals surface area contributed by atoms with Crippen molar-refractivity contribution in [3.8, 4) is 0 Å². The zero-order chi connectivity index (χ0) is 13.6. The average Bonchev–Trinajstić information content (AvgIpc) is 2.92. The number of fused-ring (bicyclic) bond motifs is 1. The van der Waals surface area contributed by atoms with Crippen LogP contribution in [-0.2, 0) is 4.74 Å². The Morgan fingerprint density at radius 1 is 1.58 bits per heavy atom. The van der Waals surface area contributed by atoms with Crippen LogP contribution >= 0.6 is 0 Å². The monoisotopic (exact) mass is 267 g/mol. The molecule has 2 aromatic rings. The summed E-state index contributed by atoms with van der Waals surface area (Å²) in [4.78, 5) is 12.3. The molecule has 19 heavy (non-hydrogen) atoms. The molecule has 0 saturated carbocycles. The predicted molar refractivity (Wildman–Crippen MR) is 65.0 cm³/mol. The van der Waals surface area contributed by atoms with Crippen molar-refractivity contribution in [1.29, 1.82) is 0 Å². The van der Waals surface area contributed by atoms with Crippen LogP contribution in [0.2, 0.25) is 0 Å². The summed E-state index contributed by atoms with van der Waals surface area (Å²) in [6.07, 6.45) is -0.966. The van der Waals surface area contributed by atoms with E-state index in [1.165, 1.54) is 10.9 Å². The molecule has 0 aliphatic carbocycles. The highest BCUT2D eigenvalue weighted by Crippen LogP contribution is 2.33. The first kappa shape index (κ1) is 12.2. The van der Waals surface area contributed by atoms with Crippen molar-refractivity contribution in [3.63, 3.8) is 0 Å². The SMILES string of the molecule is Cc1nc(N)c2ncn([C@@H]3O[C@H](CO)C[C@H]3F)c2n1. The molecule has 0 radical (unpaired) electrons. The molecule has 2 aromatic heterocycles. The molecule has 7 nitrogen and oxygen atoms in total. The number of hydrogen-bond acceptors (Lipinski definition) is 6. The molecule has 0 spiro atoms. The van der Waals surface area contributed by atoms with Gasteiger partial charge < -0.3 is 15.6 Å². The molecule has 0 amide bonds. The largest absolute Gasteiger partial charge is 0.394 e. The topological polar surface area (TPSA) is 99.1 Å². The molecule has 1 fully saturated rings. The molecule has 0 aromatic carbocycles. The Bertz CT molecular complexity index is 616. The first-order chi connectivity index (χ1) is 9.10. The van der Waals surface area contributed by atoms with Gasteiger partial charge in [0.25, 0.3) is 0 Å². The van der Waals surface area contributed by atoms with E-state index in [2.05, 4.69) is 15.0 Å². The van der Waals surface area contributed by atoms with Gasteiger partial charge in [0, 0.05) is 6.42 Å². The van der Waals surface area contributed by atoms with Crippen molar-refractivity contribution in [1.82, 2.24) is 19.5 Å². The van der Waals surface area contributed by atoms with Crippen LogP contribution in [0.4, 0.5) is 10.2 Å². The zero-order valence-electron chi connectivity index (χ0n) is 10.3. The van der Waals surface area contributed by atoms with Crippen LogP contribution in [0, 0.1) is 6.92 Å². The summed E-state index contributed by atoms with van der Waals surface area (Å²) in [6.45, 7) is 1.49. The summed E-state index contributed by atoms with van der Waals surface area (Å²) in [5.74, 6) is 0.743. The van der Waals surface area contributed by atoms with E-state index in [1.54, 1.807) is 6.92 Å². The van der Waals surface area contributed by atoms with E-state index >= 15 is 0 Å². The van der Waals surface area contributed by atoms with E-state index < -0.39 is 18.5 Å². The Kier molecular flexibility index (Phi) is 2.83. The number of imidazole rings is 1. The van der Waals surface area contributed by atoms with Gasteiger partial charge in [0.1, 0.15) is 17.5 Å². The van der Waals surface area contributed by atoms with E-state index in [-0.39, 0.29) is 18.8 Å². The summed E-state index contributed by atoms with van der Waals surface area (Å²) < 4.78 is 20.9. The number of nitrogens with zero attached hydrogens (tertiary/aromatic N) is 4. The van der Waals surface area contributed by atoms with Crippen LogP contribution in [0.15, 0.2) is 6.33 Å². The predicted octanol–water partition coefficient (Wildman–Crippen LogP) is 0.335. The number of nitrogen functional groups attached to an aromatic ring is 1. The average molecular weight is 267 g/mol. The second kappa shape index (κ2) is 4.39. The number of aryl methyl sites for hydroxylation is 1. The van der Waals surface area contributed by atoms with E-state index in [0.29, 0.717) is 17.0 Å². The number of rotatable bonds is 2. The molecule has 3 heterocycles. The fraction of sp³-hybridized carbons (Fsp3) is 0.545. The number of ether oxygens (including phenoxy) is 1. The van der Waals surface area contributed by atoms with Crippen molar-refractivity contribution in [3.05, 3.63) is 12.2 Å². The van der Waals surface area contributed by atoms with Gasteiger partial charge in [-0.25, -0.2) is 19.3 Å². The Morgan fingerprint density at radius 2 is 2.37 bits per heavy atom. The molecular formula is C11H14FN5O2. The molecule has 3 atom stereocenters. The third kappa shape index (κ3) is 1.92. The number of hydrogen-bond donors (Lipinski definition) is 2. The van der Waals surface area contributed by atoms with Crippen LogP contribution < -0.4 is 5.73 Å². The minimum atomic E-state index is -1.22. The normalized spacial score (nSPS) is 27.2. The van der Waals surface area contributed by atoms with Gasteiger partial charge in [-0.3, -0.25) is 4.57 Å². The van der Waals surface area contributed by atoms with E-state index in [9.17, 15) is 4.39 Å². The van der Waals surface area contributed by atoms with Crippen molar-refractivity contribution < 1.29 is 14.2 Å². The summed E-state index contributed by atoms with van der Waals surface area (Å²) in [5.41, 5.74) is 6.62. The summed E-state index contributed by atoms with van der Waals surface area (Å²) in [7, 11) is 0. The van der Waals surface area contributed by atoms with Crippen LogP contribution in [0.25, 0.3) is 11.2 Å². The minimum Gasteiger partial charge on any atom is -0.394 e. The lowest BCUT2D eigenvalue weighted by atomic mass is 10.2. The van der Waals surface area contributed by atoms with Gasteiger partial charge in [-0.2, -0.15) is 0 Å².